The van der Waals surface area contributed by atoms with E-state index in [0.717, 1.165) is 18.1 Å². The van der Waals surface area contributed by atoms with Gasteiger partial charge in [0.1, 0.15) is 9.52 Å². The molecule has 1 saturated carbocycles. The predicted octanol–water partition coefficient (Wildman–Crippen LogP) is 2.45. The molecule has 0 saturated heterocycles. The molecule has 1 aliphatic carbocycles. The number of aromatic nitrogens is 1. The fraction of sp³-hybridized carbons (Fsp3) is 0.688. The highest BCUT2D eigenvalue weighted by Crippen LogP contribution is 2.32. The molecular weight excluding hydrogens is 250 g/mol. The summed E-state index contributed by atoms with van der Waals surface area (Å²) in [7, 11) is -0.348. The molecule has 106 valence electrons. The summed E-state index contributed by atoms with van der Waals surface area (Å²) < 4.78 is 6.26. The molecule has 0 aromatic carbocycles. The Morgan fingerprint density at radius 3 is 2.74 bits per heavy atom. The van der Waals surface area contributed by atoms with Crippen LogP contribution in [0.2, 0.25) is 0 Å². The molecule has 0 amide bonds. The van der Waals surface area contributed by atoms with Gasteiger partial charge in [0.25, 0.3) is 0 Å². The van der Waals surface area contributed by atoms with Crippen molar-refractivity contribution in [2.75, 3.05) is 6.23 Å². The highest BCUT2D eigenvalue weighted by atomic mass is 28.2. The van der Waals surface area contributed by atoms with E-state index in [4.69, 9.17) is 4.74 Å². The van der Waals surface area contributed by atoms with Crippen LogP contribution < -0.4 is 5.32 Å². The Morgan fingerprint density at radius 1 is 1.32 bits per heavy atom. The van der Waals surface area contributed by atoms with Gasteiger partial charge in [-0.25, -0.2) is 0 Å². The second kappa shape index (κ2) is 7.80. The maximum atomic E-state index is 6.26. The van der Waals surface area contributed by atoms with Gasteiger partial charge >= 0.3 is 0 Å². The largest absolute Gasteiger partial charge is 0.381 e. The van der Waals surface area contributed by atoms with Crippen LogP contribution in [0.25, 0.3) is 0 Å². The molecule has 0 bridgehead atoms. The van der Waals surface area contributed by atoms with Crippen molar-refractivity contribution in [1.82, 2.24) is 4.98 Å². The second-order valence-corrected chi connectivity index (χ2v) is 7.79. The molecule has 1 aromatic rings. The first-order chi connectivity index (χ1) is 9.25. The van der Waals surface area contributed by atoms with Crippen molar-refractivity contribution in [1.29, 1.82) is 0 Å². The Kier molecular flexibility index (Phi) is 6.05. The van der Waals surface area contributed by atoms with E-state index in [1.807, 2.05) is 12.3 Å². The highest BCUT2D eigenvalue weighted by Gasteiger charge is 2.26. The van der Waals surface area contributed by atoms with Crippen LogP contribution in [0.4, 0.5) is 0 Å². The van der Waals surface area contributed by atoms with Crippen LogP contribution >= 0.6 is 0 Å². The monoisotopic (exact) mass is 277 g/mol. The van der Waals surface area contributed by atoms with Crippen molar-refractivity contribution in [3.63, 3.8) is 0 Å². The molecule has 1 aromatic heterocycles. The Hall–Kier alpha value is -0.673. The third-order valence-electron chi connectivity index (χ3n) is 4.05. The summed E-state index contributed by atoms with van der Waals surface area (Å²) in [6, 6.07) is 6.21. The smallest absolute Gasteiger partial charge is 0.108 e. The minimum absolute atomic E-state index is 0.348. The molecule has 1 unspecified atom stereocenters. The molecule has 1 aliphatic rings. The van der Waals surface area contributed by atoms with Gasteiger partial charge in [0.05, 0.1) is 6.10 Å². The average molecular weight is 277 g/mol. The summed E-state index contributed by atoms with van der Waals surface area (Å²) >= 11 is 0. The number of hydrogen-bond acceptors (Lipinski definition) is 2. The lowest BCUT2D eigenvalue weighted by molar-refractivity contribution is 0.0256. The van der Waals surface area contributed by atoms with E-state index in [1.54, 1.807) is 0 Å². The Labute approximate surface area is 119 Å². The van der Waals surface area contributed by atoms with Crippen LogP contribution in [-0.2, 0) is 4.74 Å². The van der Waals surface area contributed by atoms with Crippen molar-refractivity contribution < 1.29 is 4.74 Å². The minimum Gasteiger partial charge on any atom is -0.381 e. The van der Waals surface area contributed by atoms with Gasteiger partial charge in [0, 0.05) is 17.7 Å². The van der Waals surface area contributed by atoms with E-state index in [9.17, 15) is 0 Å². The van der Waals surface area contributed by atoms with Gasteiger partial charge in [0.15, 0.2) is 0 Å². The first kappa shape index (κ1) is 14.7. The van der Waals surface area contributed by atoms with E-state index < -0.39 is 0 Å². The third-order valence-corrected chi connectivity index (χ3v) is 5.42. The summed E-state index contributed by atoms with van der Waals surface area (Å²) in [5.74, 6) is 1.56. The quantitative estimate of drug-likeness (QED) is 0.714. The SMILES string of the molecule is CC(C)CC(OC[SiH2]c1ccccn1)C1CCCC1. The molecule has 0 radical (unpaired) electrons. The molecule has 3 heteroatoms. The van der Waals surface area contributed by atoms with Gasteiger partial charge < -0.3 is 4.74 Å². The maximum absolute atomic E-state index is 6.26. The van der Waals surface area contributed by atoms with Crippen LogP contribution in [0.5, 0.6) is 0 Å². The van der Waals surface area contributed by atoms with Gasteiger partial charge in [-0.3, -0.25) is 4.98 Å². The highest BCUT2D eigenvalue weighted by molar-refractivity contribution is 6.52. The number of pyridine rings is 1. The van der Waals surface area contributed by atoms with Gasteiger partial charge in [-0.2, -0.15) is 0 Å². The van der Waals surface area contributed by atoms with Crippen LogP contribution in [0, 0.1) is 11.8 Å². The third kappa shape index (κ3) is 5.07. The van der Waals surface area contributed by atoms with E-state index in [0.29, 0.717) is 6.10 Å². The lowest BCUT2D eigenvalue weighted by Gasteiger charge is -2.25. The molecule has 0 aliphatic heterocycles. The molecule has 2 nitrogen and oxygen atoms in total. The van der Waals surface area contributed by atoms with Crippen LogP contribution in [0.15, 0.2) is 24.4 Å². The Morgan fingerprint density at radius 2 is 2.11 bits per heavy atom. The minimum atomic E-state index is -0.348. The number of rotatable bonds is 7. The summed E-state index contributed by atoms with van der Waals surface area (Å²) in [6.07, 6.45) is 10.1. The van der Waals surface area contributed by atoms with Crippen LogP contribution in [-0.4, -0.2) is 26.8 Å². The van der Waals surface area contributed by atoms with Gasteiger partial charge in [0.2, 0.25) is 0 Å². The predicted molar refractivity (Wildman–Crippen MR) is 83.6 cm³/mol. The lowest BCUT2D eigenvalue weighted by Crippen LogP contribution is -2.30. The summed E-state index contributed by atoms with van der Waals surface area (Å²) in [6.45, 7) is 4.61. The summed E-state index contributed by atoms with van der Waals surface area (Å²) in [4.78, 5) is 4.42. The molecule has 1 atom stereocenters. The van der Waals surface area contributed by atoms with Gasteiger partial charge in [-0.15, -0.1) is 0 Å². The Bertz CT molecular complexity index is 349. The maximum Gasteiger partial charge on any atom is 0.108 e. The van der Waals surface area contributed by atoms with Crippen molar-refractivity contribution in [3.8, 4) is 0 Å². The zero-order valence-corrected chi connectivity index (χ0v) is 13.8. The molecular formula is C16H27NOSi. The zero-order chi connectivity index (χ0) is 13.5. The average Bonchev–Trinajstić information content (AvgIpc) is 2.92. The second-order valence-electron chi connectivity index (χ2n) is 6.15. The lowest BCUT2D eigenvalue weighted by atomic mass is 9.93. The zero-order valence-electron chi connectivity index (χ0n) is 12.3. The van der Waals surface area contributed by atoms with Crippen molar-refractivity contribution >= 4 is 14.8 Å². The number of nitrogens with zero attached hydrogens (tertiary/aromatic N) is 1. The van der Waals surface area contributed by atoms with Crippen LogP contribution in [0.3, 0.4) is 0 Å². The normalized spacial score (nSPS) is 18.7. The van der Waals surface area contributed by atoms with Crippen LogP contribution in [0.1, 0.15) is 46.0 Å². The molecule has 0 spiro atoms. The topological polar surface area (TPSA) is 22.1 Å². The molecule has 2 rings (SSSR count). The number of ether oxygens (including phenoxy) is 1. The van der Waals surface area contributed by atoms with E-state index in [2.05, 4.69) is 31.0 Å². The van der Waals surface area contributed by atoms with Gasteiger partial charge in [-0.1, -0.05) is 32.8 Å². The van der Waals surface area contributed by atoms with Crippen molar-refractivity contribution in [2.45, 2.75) is 52.1 Å². The van der Waals surface area contributed by atoms with E-state index >= 15 is 0 Å². The molecule has 0 N–H and O–H groups in total. The summed E-state index contributed by atoms with van der Waals surface area (Å²) in [5.41, 5.74) is 0. The van der Waals surface area contributed by atoms with E-state index in [1.165, 1.54) is 37.4 Å². The first-order valence-electron chi connectivity index (χ1n) is 7.77. The fourth-order valence-corrected chi connectivity index (χ4v) is 4.22. The molecule has 1 heterocycles. The first-order valence-corrected chi connectivity index (χ1v) is 9.48. The van der Waals surface area contributed by atoms with E-state index in [-0.39, 0.29) is 9.52 Å². The van der Waals surface area contributed by atoms with Gasteiger partial charge in [-0.05, 0) is 43.2 Å². The number of hydrogen-bond donors (Lipinski definition) is 0. The van der Waals surface area contributed by atoms with Crippen molar-refractivity contribution in [2.24, 2.45) is 11.8 Å². The molecule has 1 fully saturated rings. The van der Waals surface area contributed by atoms with Crippen molar-refractivity contribution in [3.05, 3.63) is 24.4 Å². The standard InChI is InChI=1S/C16H27NOSi/c1-13(2)11-15(14-7-3-4-8-14)18-12-19-16-9-5-6-10-17-16/h5-6,9-10,13-15H,3-4,7-8,11-12,19H2,1-2H3. The Balaban J connectivity index is 1.79. The summed E-state index contributed by atoms with van der Waals surface area (Å²) in [5, 5.41) is 1.28. The molecule has 19 heavy (non-hydrogen) atoms. The fourth-order valence-electron chi connectivity index (χ4n) is 3.05.